The van der Waals surface area contributed by atoms with Gasteiger partial charge in [0.25, 0.3) is 10.0 Å². The number of hydrogen-bond acceptors (Lipinski definition) is 8. The van der Waals surface area contributed by atoms with Gasteiger partial charge in [-0.2, -0.15) is 0 Å². The van der Waals surface area contributed by atoms with E-state index >= 15 is 0 Å². The Hall–Kier alpha value is -3.37. The third-order valence-corrected chi connectivity index (χ3v) is 7.29. The second kappa shape index (κ2) is 9.86. The predicted molar refractivity (Wildman–Crippen MR) is 133 cm³/mol. The summed E-state index contributed by atoms with van der Waals surface area (Å²) in [5, 5.41) is 3.28. The first-order valence-electron chi connectivity index (χ1n) is 11.0. The van der Waals surface area contributed by atoms with Gasteiger partial charge in [0, 0.05) is 30.5 Å². The molecule has 1 aliphatic heterocycles. The molecule has 1 aromatic heterocycles. The molecule has 0 unspecified atom stereocenters. The van der Waals surface area contributed by atoms with Gasteiger partial charge in [-0.05, 0) is 68.3 Å². The van der Waals surface area contributed by atoms with E-state index in [4.69, 9.17) is 9.47 Å². The molecule has 0 saturated carbocycles. The third-order valence-electron chi connectivity index (χ3n) is 5.77. The van der Waals surface area contributed by atoms with E-state index in [2.05, 4.69) is 24.9 Å². The zero-order valence-corrected chi connectivity index (χ0v) is 20.6. The SMILES string of the molecule is COc1ccc(S(=O)(=O)Nc2ccc(Nc3cc(N4CCOCC4)nc(C)n3)cc2)c(C)c1C. The number of hydrogen-bond donors (Lipinski definition) is 2. The van der Waals surface area contributed by atoms with Crippen molar-refractivity contribution in [1.29, 1.82) is 0 Å². The summed E-state index contributed by atoms with van der Waals surface area (Å²) in [7, 11) is -2.18. The van der Waals surface area contributed by atoms with Gasteiger partial charge in [0.2, 0.25) is 0 Å². The Balaban J connectivity index is 1.49. The van der Waals surface area contributed by atoms with E-state index in [1.807, 2.05) is 19.9 Å². The minimum atomic E-state index is -3.75. The lowest BCUT2D eigenvalue weighted by Crippen LogP contribution is -2.36. The fraction of sp³-hybridized carbons (Fsp3) is 0.333. The highest BCUT2D eigenvalue weighted by Gasteiger charge is 2.20. The Labute approximate surface area is 200 Å². The molecular weight excluding hydrogens is 454 g/mol. The van der Waals surface area contributed by atoms with Crippen LogP contribution in [0.25, 0.3) is 0 Å². The van der Waals surface area contributed by atoms with E-state index < -0.39 is 10.0 Å². The van der Waals surface area contributed by atoms with Crippen LogP contribution in [0.15, 0.2) is 47.4 Å². The summed E-state index contributed by atoms with van der Waals surface area (Å²) in [5.74, 6) is 2.85. The van der Waals surface area contributed by atoms with Crippen LogP contribution in [-0.4, -0.2) is 51.8 Å². The van der Waals surface area contributed by atoms with E-state index in [0.717, 1.165) is 30.2 Å². The standard InChI is InChI=1S/C24H29N5O4S/c1-16-17(2)22(10-9-21(16)32-4)34(30,31)28-20-7-5-19(6-8-20)27-23-15-24(26-18(3)25-23)29-11-13-33-14-12-29/h5-10,15,28H,11-14H2,1-4H3,(H,25,26,27). The van der Waals surface area contributed by atoms with Gasteiger partial charge < -0.3 is 19.7 Å². The second-order valence-electron chi connectivity index (χ2n) is 8.08. The number of ether oxygens (including phenoxy) is 2. The molecule has 4 rings (SSSR count). The van der Waals surface area contributed by atoms with E-state index in [9.17, 15) is 8.42 Å². The molecule has 2 heterocycles. The third kappa shape index (κ3) is 5.23. The van der Waals surface area contributed by atoms with E-state index in [0.29, 0.717) is 41.9 Å². The Morgan fingerprint density at radius 1 is 0.941 bits per heavy atom. The van der Waals surface area contributed by atoms with Gasteiger partial charge in [0.05, 0.1) is 25.2 Å². The van der Waals surface area contributed by atoms with Crippen LogP contribution < -0.4 is 19.7 Å². The topological polar surface area (TPSA) is 106 Å². The Morgan fingerprint density at radius 3 is 2.29 bits per heavy atom. The van der Waals surface area contributed by atoms with Crippen LogP contribution in [0, 0.1) is 20.8 Å². The quantitative estimate of drug-likeness (QED) is 0.523. The summed E-state index contributed by atoms with van der Waals surface area (Å²) in [4.78, 5) is 11.4. The first-order valence-corrected chi connectivity index (χ1v) is 12.5. The molecule has 0 aliphatic carbocycles. The first-order chi connectivity index (χ1) is 16.3. The molecule has 0 radical (unpaired) electrons. The Morgan fingerprint density at radius 2 is 1.62 bits per heavy atom. The number of methoxy groups -OCH3 is 1. The lowest BCUT2D eigenvalue weighted by atomic mass is 10.1. The summed E-state index contributed by atoms with van der Waals surface area (Å²) in [6.45, 7) is 8.41. The summed E-state index contributed by atoms with van der Waals surface area (Å²) in [6.07, 6.45) is 0. The molecule has 0 atom stereocenters. The van der Waals surface area contributed by atoms with Crippen molar-refractivity contribution < 1.29 is 17.9 Å². The largest absolute Gasteiger partial charge is 0.496 e. The molecule has 0 amide bonds. The summed E-state index contributed by atoms with van der Waals surface area (Å²) in [5.41, 5.74) is 2.69. The van der Waals surface area contributed by atoms with Crippen molar-refractivity contribution in [2.45, 2.75) is 25.7 Å². The van der Waals surface area contributed by atoms with Crippen molar-refractivity contribution in [2.75, 3.05) is 48.4 Å². The zero-order chi connectivity index (χ0) is 24.3. The van der Waals surface area contributed by atoms with E-state index in [1.54, 1.807) is 50.4 Å². The molecule has 2 N–H and O–H groups in total. The lowest BCUT2D eigenvalue weighted by Gasteiger charge is -2.28. The van der Waals surface area contributed by atoms with Crippen LogP contribution in [0.3, 0.4) is 0 Å². The van der Waals surface area contributed by atoms with Crippen LogP contribution in [0.1, 0.15) is 17.0 Å². The smallest absolute Gasteiger partial charge is 0.262 e. The average molecular weight is 484 g/mol. The van der Waals surface area contributed by atoms with Gasteiger partial charge in [-0.25, -0.2) is 18.4 Å². The van der Waals surface area contributed by atoms with Gasteiger partial charge in [0.15, 0.2) is 0 Å². The minimum Gasteiger partial charge on any atom is -0.496 e. The minimum absolute atomic E-state index is 0.222. The van der Waals surface area contributed by atoms with Crippen molar-refractivity contribution in [3.8, 4) is 5.75 Å². The first kappa shape index (κ1) is 23.8. The van der Waals surface area contributed by atoms with Crippen LogP contribution in [-0.2, 0) is 14.8 Å². The lowest BCUT2D eigenvalue weighted by molar-refractivity contribution is 0.122. The molecule has 10 heteroatoms. The molecule has 3 aromatic rings. The Bertz CT molecular complexity index is 1270. The van der Waals surface area contributed by atoms with Gasteiger partial charge in [0.1, 0.15) is 23.2 Å². The molecule has 1 aliphatic rings. The zero-order valence-electron chi connectivity index (χ0n) is 19.8. The molecule has 2 aromatic carbocycles. The predicted octanol–water partition coefficient (Wildman–Crippen LogP) is 3.79. The number of nitrogens with zero attached hydrogens (tertiary/aromatic N) is 3. The Kier molecular flexibility index (Phi) is 6.90. The fourth-order valence-corrected chi connectivity index (χ4v) is 5.19. The molecule has 180 valence electrons. The number of morpholine rings is 1. The molecule has 1 saturated heterocycles. The summed E-state index contributed by atoms with van der Waals surface area (Å²) in [6, 6.07) is 12.2. The van der Waals surface area contributed by atoms with Gasteiger partial charge in [-0.15, -0.1) is 0 Å². The molecule has 0 bridgehead atoms. The number of anilines is 4. The van der Waals surface area contributed by atoms with Gasteiger partial charge in [-0.1, -0.05) is 0 Å². The maximum atomic E-state index is 13.0. The molecule has 0 spiro atoms. The van der Waals surface area contributed by atoms with Crippen molar-refractivity contribution in [3.63, 3.8) is 0 Å². The maximum Gasteiger partial charge on any atom is 0.262 e. The molecule has 1 fully saturated rings. The fourth-order valence-electron chi connectivity index (χ4n) is 3.83. The van der Waals surface area contributed by atoms with Crippen molar-refractivity contribution in [3.05, 3.63) is 59.4 Å². The van der Waals surface area contributed by atoms with Crippen molar-refractivity contribution >= 4 is 33.0 Å². The normalized spacial score (nSPS) is 14.1. The van der Waals surface area contributed by atoms with Gasteiger partial charge in [-0.3, -0.25) is 4.72 Å². The van der Waals surface area contributed by atoms with Crippen molar-refractivity contribution in [1.82, 2.24) is 9.97 Å². The highest BCUT2D eigenvalue weighted by molar-refractivity contribution is 7.92. The van der Waals surface area contributed by atoms with E-state index in [1.165, 1.54) is 0 Å². The van der Waals surface area contributed by atoms with Crippen molar-refractivity contribution in [2.24, 2.45) is 0 Å². The number of benzene rings is 2. The highest BCUT2D eigenvalue weighted by Crippen LogP contribution is 2.29. The summed E-state index contributed by atoms with van der Waals surface area (Å²) >= 11 is 0. The van der Waals surface area contributed by atoms with E-state index in [-0.39, 0.29) is 4.90 Å². The molecular formula is C24H29N5O4S. The number of nitrogens with one attached hydrogen (secondary N) is 2. The van der Waals surface area contributed by atoms with Crippen LogP contribution >= 0.6 is 0 Å². The monoisotopic (exact) mass is 483 g/mol. The van der Waals surface area contributed by atoms with Gasteiger partial charge >= 0.3 is 0 Å². The number of aryl methyl sites for hydroxylation is 1. The maximum absolute atomic E-state index is 13.0. The van der Waals surface area contributed by atoms with Crippen LogP contribution in [0.5, 0.6) is 5.75 Å². The average Bonchev–Trinajstić information content (AvgIpc) is 2.82. The van der Waals surface area contributed by atoms with Crippen LogP contribution in [0.2, 0.25) is 0 Å². The second-order valence-corrected chi connectivity index (χ2v) is 9.73. The highest BCUT2D eigenvalue weighted by atomic mass is 32.2. The summed E-state index contributed by atoms with van der Waals surface area (Å²) < 4.78 is 39.3. The number of aromatic nitrogens is 2. The number of rotatable bonds is 7. The molecule has 9 nitrogen and oxygen atoms in total. The molecule has 34 heavy (non-hydrogen) atoms. The van der Waals surface area contributed by atoms with Crippen LogP contribution in [0.4, 0.5) is 23.0 Å². The number of sulfonamides is 1.